The van der Waals surface area contributed by atoms with Crippen LogP contribution in [0.1, 0.15) is 5.69 Å². The third kappa shape index (κ3) is 2.43. The van der Waals surface area contributed by atoms with Gasteiger partial charge in [-0.05, 0) is 0 Å². The first-order valence-electron chi connectivity index (χ1n) is 4.04. The maximum absolute atomic E-state index is 12.6. The Morgan fingerprint density at radius 1 is 1.36 bits per heavy atom. The molecule has 1 aromatic heterocycles. The summed E-state index contributed by atoms with van der Waals surface area (Å²) in [6.45, 7) is 0.596. The Balaban J connectivity index is 2.84. The number of halogens is 4. The van der Waals surface area contributed by atoms with Crippen molar-refractivity contribution >= 4 is 0 Å². The third-order valence-electron chi connectivity index (χ3n) is 1.87. The number of nitrogens with zero attached hydrogens (tertiary/aromatic N) is 1. The summed E-state index contributed by atoms with van der Waals surface area (Å²) in [6, 6.07) is 4.77. The lowest BCUT2D eigenvalue weighted by Gasteiger charge is -2.11. The maximum atomic E-state index is 12.6. The summed E-state index contributed by atoms with van der Waals surface area (Å²) in [5, 5.41) is 0. The molecule has 0 aliphatic heterocycles. The molecule has 1 nitrogen and oxygen atoms in total. The lowest BCUT2D eigenvalue weighted by Crippen LogP contribution is -2.48. The molecule has 0 bridgehead atoms. The molecule has 1 aromatic rings. The molecule has 0 aromatic carbocycles. The number of hydrogen-bond donors (Lipinski definition) is 0. The number of hydrogen-bond acceptors (Lipinski definition) is 0. The Labute approximate surface area is 79.0 Å². The van der Waals surface area contributed by atoms with Gasteiger partial charge in [0.05, 0.1) is 0 Å². The molecule has 0 aliphatic rings. The summed E-state index contributed by atoms with van der Waals surface area (Å²) in [5.74, 6) is -3.98. The molecule has 1 heterocycles. The molecule has 78 valence electrons. The van der Waals surface area contributed by atoms with Gasteiger partial charge >= 0.3 is 12.3 Å². The highest BCUT2D eigenvalue weighted by atomic mass is 19.3. The number of alkyl halides is 4. The smallest absolute Gasteiger partial charge is 0.203 e. The molecule has 1 rings (SSSR count). The van der Waals surface area contributed by atoms with Gasteiger partial charge in [0.25, 0.3) is 0 Å². The van der Waals surface area contributed by atoms with Crippen molar-refractivity contribution in [2.24, 2.45) is 0 Å². The van der Waals surface area contributed by atoms with Gasteiger partial charge in [-0.3, -0.25) is 0 Å². The standard InChI is InChI=1S/C9H10F4N/c1-7-4-2-3-5-14(7)6-9(12,13)8(10)11/h2-5,8H,6H2,1H3/q+1. The zero-order chi connectivity index (χ0) is 10.8. The van der Waals surface area contributed by atoms with Crippen LogP contribution in [0.25, 0.3) is 0 Å². The SMILES string of the molecule is Cc1cccc[n+]1CC(F)(F)C(F)F. The van der Waals surface area contributed by atoms with Gasteiger partial charge in [0, 0.05) is 19.1 Å². The summed E-state index contributed by atoms with van der Waals surface area (Å²) in [6.07, 6.45) is -2.28. The van der Waals surface area contributed by atoms with Crippen LogP contribution in [-0.4, -0.2) is 12.3 Å². The third-order valence-corrected chi connectivity index (χ3v) is 1.87. The monoisotopic (exact) mass is 208 g/mol. The predicted molar refractivity (Wildman–Crippen MR) is 42.3 cm³/mol. The molecule has 0 unspecified atom stereocenters. The molecule has 0 atom stereocenters. The molecular formula is C9H10F4N+. The van der Waals surface area contributed by atoms with Crippen molar-refractivity contribution in [2.75, 3.05) is 0 Å². The predicted octanol–water partition coefficient (Wildman–Crippen LogP) is 2.18. The van der Waals surface area contributed by atoms with Gasteiger partial charge in [-0.2, -0.15) is 13.3 Å². The van der Waals surface area contributed by atoms with Gasteiger partial charge in [-0.15, -0.1) is 0 Å². The Morgan fingerprint density at radius 3 is 2.50 bits per heavy atom. The minimum absolute atomic E-state index is 0.521. The van der Waals surface area contributed by atoms with E-state index in [-0.39, 0.29) is 0 Å². The van der Waals surface area contributed by atoms with Gasteiger partial charge in [-0.25, -0.2) is 8.78 Å². The molecule has 0 saturated heterocycles. The van der Waals surface area contributed by atoms with Gasteiger partial charge in [0.2, 0.25) is 6.54 Å². The second kappa shape index (κ2) is 3.94. The first-order valence-corrected chi connectivity index (χ1v) is 4.04. The van der Waals surface area contributed by atoms with Crippen LogP contribution in [0.5, 0.6) is 0 Å². The molecule has 0 aliphatic carbocycles. The summed E-state index contributed by atoms with van der Waals surface area (Å²) < 4.78 is 50.1. The Bertz CT molecular complexity index is 311. The van der Waals surface area contributed by atoms with Crippen LogP contribution in [0.2, 0.25) is 0 Å². The summed E-state index contributed by atoms with van der Waals surface area (Å²) in [7, 11) is 0. The fourth-order valence-corrected chi connectivity index (χ4v) is 1.04. The van der Waals surface area contributed by atoms with Crippen LogP contribution in [0.4, 0.5) is 17.6 Å². The summed E-state index contributed by atoms with van der Waals surface area (Å²) in [4.78, 5) is 0. The highest BCUT2D eigenvalue weighted by molar-refractivity contribution is 4.94. The van der Waals surface area contributed by atoms with Crippen LogP contribution >= 0.6 is 0 Å². The molecule has 14 heavy (non-hydrogen) atoms. The number of pyridine rings is 1. The average molecular weight is 208 g/mol. The van der Waals surface area contributed by atoms with Crippen molar-refractivity contribution in [2.45, 2.75) is 25.8 Å². The van der Waals surface area contributed by atoms with Crippen LogP contribution in [0, 0.1) is 6.92 Å². The van der Waals surface area contributed by atoms with Crippen molar-refractivity contribution in [1.82, 2.24) is 0 Å². The van der Waals surface area contributed by atoms with Gasteiger partial charge in [0.15, 0.2) is 11.9 Å². The molecule has 0 N–H and O–H groups in total. The van der Waals surface area contributed by atoms with E-state index in [1.807, 2.05) is 0 Å². The second-order valence-electron chi connectivity index (χ2n) is 3.03. The normalized spacial score (nSPS) is 12.1. The fourth-order valence-electron chi connectivity index (χ4n) is 1.04. The van der Waals surface area contributed by atoms with E-state index in [4.69, 9.17) is 0 Å². The van der Waals surface area contributed by atoms with Crippen molar-refractivity contribution in [1.29, 1.82) is 0 Å². The van der Waals surface area contributed by atoms with E-state index in [0.29, 0.717) is 5.69 Å². The molecule has 0 saturated carbocycles. The Morgan fingerprint density at radius 2 is 2.00 bits per heavy atom. The quantitative estimate of drug-likeness (QED) is 0.529. The molecular weight excluding hydrogens is 198 g/mol. The van der Waals surface area contributed by atoms with Crippen LogP contribution < -0.4 is 4.57 Å². The molecule has 0 fully saturated rings. The number of rotatable bonds is 3. The minimum Gasteiger partial charge on any atom is -0.203 e. The van der Waals surface area contributed by atoms with Crippen molar-refractivity contribution < 1.29 is 22.1 Å². The zero-order valence-electron chi connectivity index (χ0n) is 7.55. The molecule has 0 spiro atoms. The van der Waals surface area contributed by atoms with E-state index < -0.39 is 18.9 Å². The van der Waals surface area contributed by atoms with E-state index in [1.54, 1.807) is 19.1 Å². The van der Waals surface area contributed by atoms with Crippen molar-refractivity contribution in [3.05, 3.63) is 30.1 Å². The Hall–Kier alpha value is -1.13. The summed E-state index contributed by atoms with van der Waals surface area (Å²) in [5.41, 5.74) is 0.521. The highest BCUT2D eigenvalue weighted by Gasteiger charge is 2.45. The Kier molecular flexibility index (Phi) is 3.08. The van der Waals surface area contributed by atoms with Crippen molar-refractivity contribution in [3.63, 3.8) is 0 Å². The topological polar surface area (TPSA) is 3.88 Å². The van der Waals surface area contributed by atoms with Crippen molar-refractivity contribution in [3.8, 4) is 0 Å². The fraction of sp³-hybridized carbons (Fsp3) is 0.444. The lowest BCUT2D eigenvalue weighted by atomic mass is 10.3. The maximum Gasteiger partial charge on any atom is 0.364 e. The highest BCUT2D eigenvalue weighted by Crippen LogP contribution is 2.22. The van der Waals surface area contributed by atoms with Crippen LogP contribution in [-0.2, 0) is 6.54 Å². The zero-order valence-corrected chi connectivity index (χ0v) is 7.55. The number of aromatic nitrogens is 1. The number of aryl methyl sites for hydroxylation is 1. The van der Waals surface area contributed by atoms with E-state index in [1.165, 1.54) is 12.3 Å². The first-order chi connectivity index (χ1) is 6.43. The molecule has 0 radical (unpaired) electrons. The second-order valence-corrected chi connectivity index (χ2v) is 3.03. The molecule has 0 amide bonds. The van der Waals surface area contributed by atoms with E-state index in [9.17, 15) is 17.6 Å². The van der Waals surface area contributed by atoms with E-state index in [2.05, 4.69) is 0 Å². The van der Waals surface area contributed by atoms with E-state index >= 15 is 0 Å². The molecule has 5 heteroatoms. The first kappa shape index (κ1) is 10.9. The van der Waals surface area contributed by atoms with Crippen LogP contribution in [0.15, 0.2) is 24.4 Å². The lowest BCUT2D eigenvalue weighted by molar-refractivity contribution is -0.720. The van der Waals surface area contributed by atoms with E-state index in [0.717, 1.165) is 4.57 Å². The largest absolute Gasteiger partial charge is 0.364 e. The van der Waals surface area contributed by atoms with Crippen LogP contribution in [0.3, 0.4) is 0 Å². The van der Waals surface area contributed by atoms with Gasteiger partial charge in [-0.1, -0.05) is 6.07 Å². The summed E-state index contributed by atoms with van der Waals surface area (Å²) >= 11 is 0. The minimum atomic E-state index is -3.98. The average Bonchev–Trinajstić information content (AvgIpc) is 2.08. The van der Waals surface area contributed by atoms with Gasteiger partial charge < -0.3 is 0 Å². The van der Waals surface area contributed by atoms with Gasteiger partial charge in [0.1, 0.15) is 0 Å².